The van der Waals surface area contributed by atoms with Crippen LogP contribution in [-0.2, 0) is 17.4 Å². The van der Waals surface area contributed by atoms with Gasteiger partial charge in [0.15, 0.2) is 0 Å². The smallest absolute Gasteiger partial charge is 0.368 e. The van der Waals surface area contributed by atoms with E-state index in [9.17, 15) is 18.0 Å². The van der Waals surface area contributed by atoms with Gasteiger partial charge in [-0.15, -0.1) is 0 Å². The number of fused-ring (bicyclic) bond motifs is 3. The van der Waals surface area contributed by atoms with Crippen LogP contribution in [0.5, 0.6) is 0 Å². The Kier molecular flexibility index (Phi) is 5.45. The number of halogens is 3. The lowest BCUT2D eigenvalue weighted by Gasteiger charge is -2.14. The topological polar surface area (TPSA) is 91.8 Å². The number of nitrogens with zero attached hydrogens (tertiary/aromatic N) is 3. The number of rotatable bonds is 4. The fraction of sp³-hybridized carbons (Fsp3) is 0.273. The highest BCUT2D eigenvalue weighted by Crippen LogP contribution is 2.38. The quantitative estimate of drug-likeness (QED) is 0.531. The summed E-state index contributed by atoms with van der Waals surface area (Å²) in [5.41, 5.74) is 1.96. The van der Waals surface area contributed by atoms with Crippen LogP contribution in [0.4, 0.5) is 36.3 Å². The van der Waals surface area contributed by atoms with Gasteiger partial charge in [0, 0.05) is 23.4 Å². The number of carbonyl (C=O) groups excluding carboxylic acids is 1. The first-order valence-electron chi connectivity index (χ1n) is 9.99. The van der Waals surface area contributed by atoms with Crippen molar-refractivity contribution in [2.24, 2.45) is 0 Å². The van der Waals surface area contributed by atoms with Crippen molar-refractivity contribution in [2.75, 3.05) is 16.0 Å². The van der Waals surface area contributed by atoms with Gasteiger partial charge in [-0.1, -0.05) is 6.07 Å². The Labute approximate surface area is 182 Å². The third-order valence-corrected chi connectivity index (χ3v) is 4.86. The number of anilines is 4. The summed E-state index contributed by atoms with van der Waals surface area (Å²) in [5, 5.41) is 8.87. The maximum absolute atomic E-state index is 13.1. The molecular weight excluding hydrogens is 421 g/mol. The van der Waals surface area contributed by atoms with Crippen molar-refractivity contribution in [3.8, 4) is 11.3 Å². The molecule has 3 aromatic rings. The number of aromatic nitrogens is 3. The van der Waals surface area contributed by atoms with Gasteiger partial charge in [-0.25, -0.2) is 15.0 Å². The molecule has 1 aliphatic heterocycles. The number of carbonyl (C=O) groups is 1. The minimum absolute atomic E-state index is 0.0399. The highest BCUT2D eigenvalue weighted by atomic mass is 19.4. The number of hydrogen-bond acceptors (Lipinski definition) is 6. The first-order chi connectivity index (χ1) is 15.1. The summed E-state index contributed by atoms with van der Waals surface area (Å²) in [6.45, 7) is 5.87. The minimum atomic E-state index is -4.52. The van der Waals surface area contributed by atoms with E-state index < -0.39 is 17.6 Å². The first kappa shape index (κ1) is 21.5. The number of amides is 1. The monoisotopic (exact) mass is 442 g/mol. The molecule has 0 radical (unpaired) electrons. The van der Waals surface area contributed by atoms with E-state index in [0.29, 0.717) is 22.5 Å². The zero-order chi connectivity index (χ0) is 23.0. The third kappa shape index (κ3) is 4.48. The molecule has 0 aliphatic carbocycles. The van der Waals surface area contributed by atoms with Crippen LogP contribution in [0.3, 0.4) is 0 Å². The van der Waals surface area contributed by atoms with Crippen LogP contribution in [0.15, 0.2) is 36.5 Å². The minimum Gasteiger partial charge on any atom is -0.368 e. The summed E-state index contributed by atoms with van der Waals surface area (Å²) in [7, 11) is 0. The van der Waals surface area contributed by atoms with E-state index in [1.165, 1.54) is 12.3 Å². The summed E-state index contributed by atoms with van der Waals surface area (Å²) >= 11 is 0. The maximum atomic E-state index is 13.1. The molecule has 3 N–H and O–H groups in total. The number of nitrogens with one attached hydrogen (secondary N) is 3. The highest BCUT2D eigenvalue weighted by molar-refractivity contribution is 6.00. The van der Waals surface area contributed by atoms with E-state index in [4.69, 9.17) is 0 Å². The summed E-state index contributed by atoms with van der Waals surface area (Å²) in [4.78, 5) is 25.5. The number of aryl methyl sites for hydroxylation is 1. The fourth-order valence-corrected chi connectivity index (χ4v) is 3.42. The second-order valence-corrected chi connectivity index (χ2v) is 7.80. The molecule has 1 aromatic carbocycles. The van der Waals surface area contributed by atoms with Crippen LogP contribution in [0.1, 0.15) is 30.7 Å². The Bertz CT molecular complexity index is 1190. The van der Waals surface area contributed by atoms with Crippen molar-refractivity contribution in [3.05, 3.63) is 53.3 Å². The Morgan fingerprint density at radius 1 is 1.12 bits per heavy atom. The lowest BCUT2D eigenvalue weighted by atomic mass is 10.0. The van der Waals surface area contributed by atoms with Crippen molar-refractivity contribution < 1.29 is 18.0 Å². The van der Waals surface area contributed by atoms with Gasteiger partial charge in [0.2, 0.25) is 11.9 Å². The maximum Gasteiger partial charge on any atom is 0.416 e. The van der Waals surface area contributed by atoms with Crippen LogP contribution < -0.4 is 16.0 Å². The lowest BCUT2D eigenvalue weighted by molar-refractivity contribution is -0.137. The lowest BCUT2D eigenvalue weighted by Crippen LogP contribution is -2.13. The van der Waals surface area contributed by atoms with Gasteiger partial charge < -0.3 is 16.0 Å². The summed E-state index contributed by atoms with van der Waals surface area (Å²) in [6.07, 6.45) is -3.05. The molecular formula is C22H21F3N6O. The van der Waals surface area contributed by atoms with Gasteiger partial charge in [-0.05, 0) is 45.0 Å². The standard InChI is InChI=1S/C22H21F3N6O/c1-11(2)27-18-7-6-16(12(3)28-18)30-21-26-10-13-8-19(32)29-17-9-14(22(23,24)25)4-5-15(17)20(13)31-21/h4-7,9-11H,8H2,1-3H3,(H,27,28)(H,29,32)(H,26,30,31). The Morgan fingerprint density at radius 3 is 2.59 bits per heavy atom. The molecule has 0 unspecified atom stereocenters. The molecule has 0 fully saturated rings. The SMILES string of the molecule is Cc1nc(NC(C)C)ccc1Nc1ncc2c(n1)-c1ccc(C(F)(F)F)cc1NC(=O)C2. The average molecular weight is 442 g/mol. The van der Waals surface area contributed by atoms with Crippen LogP contribution in [-0.4, -0.2) is 26.9 Å². The van der Waals surface area contributed by atoms with Gasteiger partial charge in [0.1, 0.15) is 5.82 Å². The van der Waals surface area contributed by atoms with E-state index in [1.807, 2.05) is 32.9 Å². The Balaban J connectivity index is 1.70. The van der Waals surface area contributed by atoms with Crippen LogP contribution >= 0.6 is 0 Å². The number of alkyl halides is 3. The largest absolute Gasteiger partial charge is 0.416 e. The van der Waals surface area contributed by atoms with Crippen molar-refractivity contribution >= 4 is 29.0 Å². The Morgan fingerprint density at radius 2 is 1.91 bits per heavy atom. The Hall–Kier alpha value is -3.69. The molecule has 32 heavy (non-hydrogen) atoms. The van der Waals surface area contributed by atoms with Gasteiger partial charge in [-0.3, -0.25) is 4.79 Å². The molecule has 0 atom stereocenters. The van der Waals surface area contributed by atoms with E-state index in [0.717, 1.165) is 23.6 Å². The van der Waals surface area contributed by atoms with Gasteiger partial charge >= 0.3 is 6.18 Å². The van der Waals surface area contributed by atoms with Gasteiger partial charge in [0.05, 0.1) is 34.7 Å². The number of pyridine rings is 1. The van der Waals surface area contributed by atoms with Crippen molar-refractivity contribution in [3.63, 3.8) is 0 Å². The van der Waals surface area contributed by atoms with Gasteiger partial charge in [0.25, 0.3) is 0 Å². The predicted octanol–water partition coefficient (Wildman–Crippen LogP) is 4.92. The van der Waals surface area contributed by atoms with E-state index in [1.54, 1.807) is 0 Å². The second kappa shape index (κ2) is 8.10. The highest BCUT2D eigenvalue weighted by Gasteiger charge is 2.32. The zero-order valence-corrected chi connectivity index (χ0v) is 17.6. The number of benzene rings is 1. The molecule has 166 valence electrons. The molecule has 2 aromatic heterocycles. The zero-order valence-electron chi connectivity index (χ0n) is 17.6. The summed E-state index contributed by atoms with van der Waals surface area (Å²) in [5.74, 6) is 0.560. The first-order valence-corrected chi connectivity index (χ1v) is 9.99. The molecule has 0 spiro atoms. The molecule has 0 saturated heterocycles. The molecule has 0 saturated carbocycles. The normalized spacial score (nSPS) is 13.2. The van der Waals surface area contributed by atoms with Crippen LogP contribution in [0, 0.1) is 6.92 Å². The van der Waals surface area contributed by atoms with Gasteiger partial charge in [-0.2, -0.15) is 13.2 Å². The summed E-state index contributed by atoms with van der Waals surface area (Å²) < 4.78 is 39.4. The van der Waals surface area contributed by atoms with E-state index >= 15 is 0 Å². The molecule has 4 rings (SSSR count). The summed E-state index contributed by atoms with van der Waals surface area (Å²) in [6, 6.07) is 7.13. The van der Waals surface area contributed by atoms with Crippen LogP contribution in [0.25, 0.3) is 11.3 Å². The fourth-order valence-electron chi connectivity index (χ4n) is 3.42. The molecule has 1 aliphatic rings. The van der Waals surface area contributed by atoms with E-state index in [-0.39, 0.29) is 24.1 Å². The predicted molar refractivity (Wildman–Crippen MR) is 116 cm³/mol. The molecule has 1 amide bonds. The molecule has 0 bridgehead atoms. The third-order valence-electron chi connectivity index (χ3n) is 4.86. The molecule has 10 heteroatoms. The van der Waals surface area contributed by atoms with E-state index in [2.05, 4.69) is 30.9 Å². The van der Waals surface area contributed by atoms with Crippen molar-refractivity contribution in [1.29, 1.82) is 0 Å². The average Bonchev–Trinajstić information content (AvgIpc) is 2.83. The number of hydrogen-bond donors (Lipinski definition) is 3. The van der Waals surface area contributed by atoms with Crippen molar-refractivity contribution in [1.82, 2.24) is 15.0 Å². The van der Waals surface area contributed by atoms with Crippen molar-refractivity contribution in [2.45, 2.75) is 39.4 Å². The second-order valence-electron chi connectivity index (χ2n) is 7.80. The molecule has 3 heterocycles. The van der Waals surface area contributed by atoms with Crippen LogP contribution in [0.2, 0.25) is 0 Å². The molecule has 7 nitrogen and oxygen atoms in total.